The zero-order valence-electron chi connectivity index (χ0n) is 13.3. The van der Waals surface area contributed by atoms with Crippen LogP contribution in [0.15, 0.2) is 24.3 Å². The number of allylic oxidation sites excluding steroid dienone is 4. The maximum atomic E-state index is 4.09. The van der Waals surface area contributed by atoms with Crippen molar-refractivity contribution in [2.45, 2.75) is 56.5 Å². The third kappa shape index (κ3) is 5.62. The Morgan fingerprint density at radius 3 is 1.80 bits per heavy atom. The van der Waals surface area contributed by atoms with Crippen molar-refractivity contribution in [2.75, 3.05) is 0 Å². The molecule has 0 aliphatic heterocycles. The monoisotopic (exact) mass is 368 g/mol. The van der Waals surface area contributed by atoms with E-state index in [1.54, 1.807) is 0 Å². The molecule has 0 heterocycles. The molecule has 20 heavy (non-hydrogen) atoms. The van der Waals surface area contributed by atoms with Crippen molar-refractivity contribution in [3.8, 4) is 0 Å². The van der Waals surface area contributed by atoms with Crippen molar-refractivity contribution >= 4 is 6.66 Å². The number of hydrogen-bond donors (Lipinski definition) is 1. The van der Waals surface area contributed by atoms with Crippen LogP contribution in [0.3, 0.4) is 0 Å². The van der Waals surface area contributed by atoms with E-state index in [1.165, 1.54) is 12.8 Å². The fraction of sp³-hybridized carbons (Fsp3) is 0.733. The molecule has 2 rings (SSSR count). The van der Waals surface area contributed by atoms with E-state index in [9.17, 15) is 0 Å². The molecule has 0 aromatic rings. The summed E-state index contributed by atoms with van der Waals surface area (Å²) in [5, 5.41) is 0. The molecule has 5 heteroatoms. The predicted octanol–water partition coefficient (Wildman–Crippen LogP) is -2.16. The van der Waals surface area contributed by atoms with Gasteiger partial charge in [-0.05, 0) is 0 Å². The summed E-state index contributed by atoms with van der Waals surface area (Å²) in [5.41, 5.74) is 0.325. The summed E-state index contributed by atoms with van der Waals surface area (Å²) in [6, 6.07) is 0. The molecular weight excluding hydrogens is 341 g/mol. The molecule has 0 spiro atoms. The van der Waals surface area contributed by atoms with Gasteiger partial charge in [0.15, 0.2) is 0 Å². The number of hydrogen-bond acceptors (Lipinski definition) is 1. The Hall–Kier alpha value is 0.951. The van der Waals surface area contributed by atoms with Crippen LogP contribution in [-0.4, -0.2) is 12.2 Å². The molecule has 1 N–H and O–H groups in total. The number of rotatable bonds is 3. The molecule has 2 unspecified atom stereocenters. The Bertz CT molecular complexity index is 332. The second kappa shape index (κ2) is 8.55. The van der Waals surface area contributed by atoms with Crippen LogP contribution in [0.5, 0.6) is 0 Å². The van der Waals surface area contributed by atoms with Crippen molar-refractivity contribution < 1.29 is 42.2 Å². The van der Waals surface area contributed by atoms with Crippen LogP contribution in [-0.2, 0) is 17.4 Å². The van der Waals surface area contributed by atoms with E-state index < -0.39 is 24.0 Å². The first-order chi connectivity index (χ1) is 8.37. The first-order valence-electron chi connectivity index (χ1n) is 7.37. The summed E-state index contributed by atoms with van der Waals surface area (Å²) in [5.74, 6) is 1.72. The molecule has 0 bridgehead atoms. The Balaban J connectivity index is 0.00000180. The molecule has 0 aromatic carbocycles. The molecule has 1 nitrogen and oxygen atoms in total. The van der Waals surface area contributed by atoms with Gasteiger partial charge in [0.25, 0.3) is 0 Å². The van der Waals surface area contributed by atoms with Gasteiger partial charge in [0, 0.05) is 0 Å². The summed E-state index contributed by atoms with van der Waals surface area (Å²) in [4.78, 5) is 0. The predicted molar refractivity (Wildman–Crippen MR) is 80.0 cm³/mol. The van der Waals surface area contributed by atoms with Gasteiger partial charge in [-0.2, -0.15) is 0 Å². The molecule has 1 fully saturated rings. The van der Waals surface area contributed by atoms with Gasteiger partial charge in [-0.25, -0.2) is 0 Å². The van der Waals surface area contributed by atoms with Crippen LogP contribution in [0.2, 0.25) is 17.3 Å². The quantitative estimate of drug-likeness (QED) is 0.559. The van der Waals surface area contributed by atoms with Crippen LogP contribution in [0.4, 0.5) is 0 Å². The van der Waals surface area contributed by atoms with Crippen molar-refractivity contribution in [1.82, 2.24) is 3.80 Å². The fourth-order valence-electron chi connectivity index (χ4n) is 3.36. The zero-order chi connectivity index (χ0) is 13.3. The minimum Gasteiger partial charge on any atom is -1.00 e. The molecule has 0 radical (unpaired) electrons. The standard InChI is InChI=1S/C9H11.C4H10N.C2H7Si.2ClH.Ti/c1-2-5-9-7-3-6-8(9)4-1;1-4(2,3)5;1-3-2;;;/h1-5,8-9H,6-7H2;5H,1-3H3;3H,1-2H3;2*1H;/q;-1;;;;+3/p-2. The van der Waals surface area contributed by atoms with Crippen molar-refractivity contribution in [3.05, 3.63) is 24.3 Å². The Labute approximate surface area is 144 Å². The molecule has 2 atom stereocenters. The smallest absolute Gasteiger partial charge is 1.00 e. The molecule has 115 valence electrons. The van der Waals surface area contributed by atoms with Gasteiger partial charge in [0.1, 0.15) is 0 Å². The van der Waals surface area contributed by atoms with Crippen LogP contribution in [0.1, 0.15) is 33.6 Å². The Morgan fingerprint density at radius 2 is 1.45 bits per heavy atom. The van der Waals surface area contributed by atoms with E-state index in [0.717, 1.165) is 16.1 Å². The zero-order valence-corrected chi connectivity index (χ0v) is 17.5. The van der Waals surface area contributed by atoms with Gasteiger partial charge in [0.2, 0.25) is 0 Å². The summed E-state index contributed by atoms with van der Waals surface area (Å²) in [7, 11) is 0. The third-order valence-electron chi connectivity index (χ3n) is 4.07. The summed E-state index contributed by atoms with van der Waals surface area (Å²) in [6.07, 6.45) is 12.4. The minimum atomic E-state index is -1.05. The van der Waals surface area contributed by atoms with E-state index in [-0.39, 0.29) is 24.8 Å². The summed E-state index contributed by atoms with van der Waals surface area (Å²) >= 11 is -1.05. The fourth-order valence-corrected chi connectivity index (χ4v) is 16.6. The number of nitrogens with one attached hydrogen (secondary N) is 1. The largest absolute Gasteiger partial charge is 1.00 e. The van der Waals surface area contributed by atoms with E-state index in [4.69, 9.17) is 0 Å². The SMILES string of the molecule is C[SiH](C)[Ti+2]([NH]C(C)(C)C)[CH]1CC2C=CC=CC2C1.[Cl-].[Cl-]. The first-order valence-corrected chi connectivity index (χ1v) is 14.6. The second-order valence-corrected chi connectivity index (χ2v) is 20.6. The van der Waals surface area contributed by atoms with E-state index in [1.807, 2.05) is 0 Å². The van der Waals surface area contributed by atoms with Gasteiger partial charge in [-0.3, -0.25) is 0 Å². The topological polar surface area (TPSA) is 12.0 Å². The molecule has 2 aliphatic rings. The third-order valence-corrected chi connectivity index (χ3v) is 17.4. The average molecular weight is 369 g/mol. The average Bonchev–Trinajstić information content (AvgIpc) is 2.67. The van der Waals surface area contributed by atoms with Crippen LogP contribution in [0, 0.1) is 11.8 Å². The summed E-state index contributed by atoms with van der Waals surface area (Å²) < 4.78 is 5.14. The van der Waals surface area contributed by atoms with E-state index in [2.05, 4.69) is 62.0 Å². The van der Waals surface area contributed by atoms with Crippen molar-refractivity contribution in [2.24, 2.45) is 11.8 Å². The van der Waals surface area contributed by atoms with Gasteiger partial charge in [-0.15, -0.1) is 0 Å². The maximum Gasteiger partial charge on any atom is -1.00 e. The van der Waals surface area contributed by atoms with Crippen molar-refractivity contribution in [1.29, 1.82) is 0 Å². The van der Waals surface area contributed by atoms with Gasteiger partial charge >= 0.3 is 120 Å². The van der Waals surface area contributed by atoms with Crippen LogP contribution in [0.25, 0.3) is 0 Å². The van der Waals surface area contributed by atoms with Gasteiger partial charge in [-0.1, -0.05) is 0 Å². The number of fused-ring (bicyclic) bond motifs is 1. The van der Waals surface area contributed by atoms with E-state index in [0.29, 0.717) is 5.54 Å². The maximum absolute atomic E-state index is 4.09. The second-order valence-electron chi connectivity index (χ2n) is 7.25. The molecule has 1 saturated carbocycles. The van der Waals surface area contributed by atoms with E-state index >= 15 is 0 Å². The summed E-state index contributed by atoms with van der Waals surface area (Å²) in [6.45, 7) is 11.7. The molecule has 0 amide bonds. The number of halogens is 2. The normalized spacial score (nSPS) is 27.8. The van der Waals surface area contributed by atoms with Crippen LogP contribution < -0.4 is 28.6 Å². The van der Waals surface area contributed by atoms with Gasteiger partial charge in [0.05, 0.1) is 0 Å². The molecule has 0 aromatic heterocycles. The van der Waals surface area contributed by atoms with Crippen LogP contribution >= 0.6 is 0 Å². The van der Waals surface area contributed by atoms with Crippen molar-refractivity contribution in [3.63, 3.8) is 0 Å². The Morgan fingerprint density at radius 1 is 1.00 bits per heavy atom. The first kappa shape index (κ1) is 21.0. The Kier molecular flexibility index (Phi) is 8.96. The molecule has 2 aliphatic carbocycles. The molecular formula is C15H28Cl2NSiTi. The van der Waals surface area contributed by atoms with Gasteiger partial charge < -0.3 is 24.8 Å². The molecule has 0 saturated heterocycles. The minimum absolute atomic E-state index is 0.